The molecule has 1 aromatic rings. The van der Waals surface area contributed by atoms with E-state index in [4.69, 9.17) is 27.9 Å². The fourth-order valence-electron chi connectivity index (χ4n) is 0.604. The van der Waals surface area contributed by atoms with E-state index in [1.165, 1.54) is 0 Å². The van der Waals surface area contributed by atoms with Crippen LogP contribution in [0, 0.1) is 0 Å². The molecule has 0 bridgehead atoms. The first kappa shape index (κ1) is 7.70. The summed E-state index contributed by atoms with van der Waals surface area (Å²) in [6.45, 7) is 0. The Morgan fingerprint density at radius 3 is 2.40 bits per heavy atom. The van der Waals surface area contributed by atoms with Crippen molar-refractivity contribution in [1.29, 1.82) is 0 Å². The molecule has 0 heterocycles. The van der Waals surface area contributed by atoms with Crippen LogP contribution in [0.1, 0.15) is 0 Å². The second-order valence-electron chi connectivity index (χ2n) is 1.78. The third-order valence-corrected chi connectivity index (χ3v) is 1.87. The van der Waals surface area contributed by atoms with Gasteiger partial charge in [0.1, 0.15) is 5.75 Å². The molecule has 0 unspecified atom stereocenters. The molecule has 0 radical (unpaired) electrons. The highest BCUT2D eigenvalue weighted by Crippen LogP contribution is 2.25. The third-order valence-electron chi connectivity index (χ3n) is 1.13. The van der Waals surface area contributed by atoms with Gasteiger partial charge in [0.15, 0.2) is 0 Å². The molecule has 0 aliphatic carbocycles. The monoisotopic (exact) mass is 176 g/mol. The molecule has 0 aliphatic rings. The Kier molecular flexibility index (Phi) is 2.41. The highest BCUT2D eigenvalue weighted by Gasteiger charge is 1.97. The molecule has 54 valence electrons. The van der Waals surface area contributed by atoms with Gasteiger partial charge in [0.2, 0.25) is 0 Å². The van der Waals surface area contributed by atoms with Crippen LogP contribution in [0.15, 0.2) is 18.2 Å². The predicted molar refractivity (Wildman–Crippen MR) is 43.0 cm³/mol. The first-order valence-corrected chi connectivity index (χ1v) is 3.48. The third kappa shape index (κ3) is 1.55. The molecule has 3 heteroatoms. The van der Waals surface area contributed by atoms with Crippen LogP contribution in [0.3, 0.4) is 0 Å². The minimum Gasteiger partial charge on any atom is -0.497 e. The van der Waals surface area contributed by atoms with Crippen LogP contribution in [0.2, 0.25) is 10.0 Å². The van der Waals surface area contributed by atoms with Gasteiger partial charge in [-0.05, 0) is 12.1 Å². The number of rotatable bonds is 1. The van der Waals surface area contributed by atoms with Gasteiger partial charge in [-0.25, -0.2) is 0 Å². The maximum absolute atomic E-state index is 5.68. The molecule has 10 heavy (non-hydrogen) atoms. The van der Waals surface area contributed by atoms with Gasteiger partial charge in [-0.3, -0.25) is 0 Å². The summed E-state index contributed by atoms with van der Waals surface area (Å²) in [5.74, 6) is 0.717. The van der Waals surface area contributed by atoms with Gasteiger partial charge in [0.05, 0.1) is 17.2 Å². The lowest BCUT2D eigenvalue weighted by atomic mass is 10.3. The molecule has 0 fully saturated rings. The lowest BCUT2D eigenvalue weighted by molar-refractivity contribution is 0.415. The largest absolute Gasteiger partial charge is 0.497 e. The number of hydrogen-bond donors (Lipinski definition) is 0. The number of methoxy groups -OCH3 is 1. The summed E-state index contributed by atoms with van der Waals surface area (Å²) >= 11 is 11.3. The van der Waals surface area contributed by atoms with Gasteiger partial charge in [-0.2, -0.15) is 0 Å². The molecule has 1 rings (SSSR count). The number of halogens is 2. The van der Waals surface area contributed by atoms with Crippen molar-refractivity contribution < 1.29 is 4.74 Å². The van der Waals surface area contributed by atoms with Crippen LogP contribution in [0.5, 0.6) is 5.75 Å². The second-order valence-corrected chi connectivity index (χ2v) is 2.59. The Balaban J connectivity index is 3.04. The van der Waals surface area contributed by atoms with Crippen molar-refractivity contribution in [2.75, 3.05) is 7.11 Å². The van der Waals surface area contributed by atoms with Crippen molar-refractivity contribution in [2.24, 2.45) is 0 Å². The minimum atomic E-state index is 0.515. The summed E-state index contributed by atoms with van der Waals surface area (Å²) < 4.78 is 4.91. The Labute approximate surface area is 69.5 Å². The van der Waals surface area contributed by atoms with Crippen LogP contribution < -0.4 is 4.74 Å². The number of hydrogen-bond acceptors (Lipinski definition) is 1. The maximum Gasteiger partial charge on any atom is 0.120 e. The summed E-state index contributed by atoms with van der Waals surface area (Å²) in [7, 11) is 1.58. The van der Waals surface area contributed by atoms with E-state index >= 15 is 0 Å². The SMILES string of the molecule is COc1ccc(Cl)c(Cl)c1. The molecule has 1 aromatic carbocycles. The van der Waals surface area contributed by atoms with Gasteiger partial charge in [0.25, 0.3) is 0 Å². The zero-order valence-corrected chi connectivity index (χ0v) is 6.91. The Bertz CT molecular complexity index is 235. The quantitative estimate of drug-likeness (QED) is 0.640. The molecule has 0 saturated carbocycles. The molecule has 0 N–H and O–H groups in total. The fraction of sp³-hybridized carbons (Fsp3) is 0.143. The first-order valence-electron chi connectivity index (χ1n) is 2.73. The van der Waals surface area contributed by atoms with Crippen molar-refractivity contribution in [2.45, 2.75) is 0 Å². The Hall–Kier alpha value is -0.400. The summed E-state index contributed by atoms with van der Waals surface area (Å²) in [6, 6.07) is 5.13. The predicted octanol–water partition coefficient (Wildman–Crippen LogP) is 3.00. The van der Waals surface area contributed by atoms with Crippen molar-refractivity contribution in [3.63, 3.8) is 0 Å². The summed E-state index contributed by atoms with van der Waals surface area (Å²) in [5, 5.41) is 1.06. The summed E-state index contributed by atoms with van der Waals surface area (Å²) in [4.78, 5) is 0. The molecule has 0 saturated heterocycles. The van der Waals surface area contributed by atoms with Crippen LogP contribution in [0.4, 0.5) is 0 Å². The van der Waals surface area contributed by atoms with Crippen molar-refractivity contribution in [3.05, 3.63) is 28.2 Å². The molecule has 1 nitrogen and oxygen atoms in total. The van der Waals surface area contributed by atoms with Crippen molar-refractivity contribution in [1.82, 2.24) is 0 Å². The summed E-state index contributed by atoms with van der Waals surface area (Å²) in [6.07, 6.45) is 0. The lowest BCUT2D eigenvalue weighted by Gasteiger charge is -1.99. The maximum atomic E-state index is 5.68. The summed E-state index contributed by atoms with van der Waals surface area (Å²) in [5.41, 5.74) is 0. The van der Waals surface area contributed by atoms with E-state index in [-0.39, 0.29) is 0 Å². The van der Waals surface area contributed by atoms with E-state index < -0.39 is 0 Å². The van der Waals surface area contributed by atoms with E-state index in [0.29, 0.717) is 10.0 Å². The van der Waals surface area contributed by atoms with Gasteiger partial charge < -0.3 is 4.74 Å². The van der Waals surface area contributed by atoms with Gasteiger partial charge >= 0.3 is 0 Å². The first-order chi connectivity index (χ1) is 4.74. The van der Waals surface area contributed by atoms with Gasteiger partial charge in [-0.1, -0.05) is 23.2 Å². The van der Waals surface area contributed by atoms with Gasteiger partial charge in [0, 0.05) is 6.07 Å². The van der Waals surface area contributed by atoms with E-state index in [2.05, 4.69) is 0 Å². The molecular formula is C7H6Cl2O. The molecule has 0 aromatic heterocycles. The van der Waals surface area contributed by atoms with E-state index in [1.54, 1.807) is 25.3 Å². The highest BCUT2D eigenvalue weighted by molar-refractivity contribution is 6.42. The number of ether oxygens (including phenoxy) is 1. The van der Waals surface area contributed by atoms with E-state index in [0.717, 1.165) is 5.75 Å². The topological polar surface area (TPSA) is 9.23 Å². The average molecular weight is 177 g/mol. The van der Waals surface area contributed by atoms with Crippen LogP contribution in [0.25, 0.3) is 0 Å². The van der Waals surface area contributed by atoms with Crippen molar-refractivity contribution >= 4 is 23.2 Å². The van der Waals surface area contributed by atoms with Crippen LogP contribution in [-0.2, 0) is 0 Å². The average Bonchev–Trinajstić information content (AvgIpc) is 1.95. The standard InChI is InChI=1S/C7H6Cl2O/c1-10-5-2-3-6(8)7(9)4-5/h2-4H,1H3. The fourth-order valence-corrected chi connectivity index (χ4v) is 0.892. The smallest absolute Gasteiger partial charge is 0.120 e. The van der Waals surface area contributed by atoms with E-state index in [9.17, 15) is 0 Å². The Morgan fingerprint density at radius 2 is 1.90 bits per heavy atom. The zero-order chi connectivity index (χ0) is 7.56. The zero-order valence-electron chi connectivity index (χ0n) is 5.40. The van der Waals surface area contributed by atoms with Crippen molar-refractivity contribution in [3.8, 4) is 5.75 Å². The van der Waals surface area contributed by atoms with Crippen LogP contribution >= 0.6 is 23.2 Å². The normalized spacial score (nSPS) is 9.50. The highest BCUT2D eigenvalue weighted by atomic mass is 35.5. The Morgan fingerprint density at radius 1 is 1.20 bits per heavy atom. The molecule has 0 atom stereocenters. The lowest BCUT2D eigenvalue weighted by Crippen LogP contribution is -1.80. The molecular weight excluding hydrogens is 171 g/mol. The molecule has 0 aliphatic heterocycles. The number of benzene rings is 1. The molecule has 0 amide bonds. The van der Waals surface area contributed by atoms with Crippen LogP contribution in [-0.4, -0.2) is 7.11 Å². The van der Waals surface area contributed by atoms with Gasteiger partial charge in [-0.15, -0.1) is 0 Å². The second kappa shape index (κ2) is 3.13. The van der Waals surface area contributed by atoms with E-state index in [1.807, 2.05) is 0 Å². The minimum absolute atomic E-state index is 0.515. The molecule has 0 spiro atoms.